The van der Waals surface area contributed by atoms with Gasteiger partial charge in [-0.25, -0.2) is 48.3 Å². The molecular weight excluding hydrogens is 455 g/mol. The van der Waals surface area contributed by atoms with E-state index in [0.29, 0.717) is 0 Å². The molecule has 0 radical (unpaired) electrons. The van der Waals surface area contributed by atoms with Crippen LogP contribution in [0.1, 0.15) is 0 Å². The second-order valence-electron chi connectivity index (χ2n) is 6.53. The highest BCUT2D eigenvalue weighted by atomic mass is 19.3. The monoisotopic (exact) mass is 456 g/mol. The number of hydrogen-bond acceptors (Lipinski definition) is 0. The van der Waals surface area contributed by atoms with Gasteiger partial charge in [-0.15, -0.1) is 0 Å². The average Bonchev–Trinajstić information content (AvgIpc) is 2.46. The van der Waals surface area contributed by atoms with Crippen LogP contribution in [0.2, 0.25) is 0 Å². The fraction of sp³-hybridized carbons (Fsp3) is 1.00. The summed E-state index contributed by atoms with van der Waals surface area (Å²) in [5.41, 5.74) is -31.5. The Morgan fingerprint density at radius 1 is 0.321 bits per heavy atom. The van der Waals surface area contributed by atoms with Crippen molar-refractivity contribution in [2.24, 2.45) is 5.41 Å². The molecule has 164 valence electrons. The van der Waals surface area contributed by atoms with Gasteiger partial charge in [0.15, 0.2) is 0 Å². The maximum Gasteiger partial charge on any atom is 0.339 e. The van der Waals surface area contributed by atoms with Gasteiger partial charge in [0.25, 0.3) is 6.43 Å². The van der Waals surface area contributed by atoms with E-state index in [1.54, 1.807) is 0 Å². The van der Waals surface area contributed by atoms with E-state index in [2.05, 4.69) is 0 Å². The summed E-state index contributed by atoms with van der Waals surface area (Å²) in [4.78, 5) is 0. The van der Waals surface area contributed by atoms with Gasteiger partial charge in [0.05, 0.1) is 0 Å². The molecule has 0 unspecified atom stereocenters. The predicted molar refractivity (Wildman–Crippen MR) is 49.6 cm³/mol. The molecule has 0 nitrogen and oxygen atoms in total. The van der Waals surface area contributed by atoms with Gasteiger partial charge in [0.2, 0.25) is 5.41 Å². The molecule has 0 aromatic heterocycles. The topological polar surface area (TPSA) is 0 Å². The van der Waals surface area contributed by atoms with Crippen LogP contribution in [0.15, 0.2) is 0 Å². The van der Waals surface area contributed by atoms with Crippen molar-refractivity contribution in [3.8, 4) is 0 Å². The van der Waals surface area contributed by atoms with Crippen molar-refractivity contribution in [2.45, 2.75) is 59.0 Å². The Morgan fingerprint density at radius 2 is 0.500 bits per heavy atom. The molecule has 0 amide bonds. The van der Waals surface area contributed by atoms with Gasteiger partial charge in [-0.2, -0.15) is 26.3 Å². The van der Waals surface area contributed by atoms with Crippen LogP contribution >= 0.6 is 0 Å². The number of alkyl halides is 17. The molecule has 0 heterocycles. The molecule has 4 bridgehead atoms. The van der Waals surface area contributed by atoms with Crippen molar-refractivity contribution < 1.29 is 74.6 Å². The maximum absolute atomic E-state index is 14.3. The molecule has 4 aliphatic rings. The van der Waals surface area contributed by atoms with Crippen molar-refractivity contribution in [3.63, 3.8) is 0 Å². The average molecular weight is 456 g/mol. The van der Waals surface area contributed by atoms with Crippen LogP contribution < -0.4 is 0 Å². The molecule has 0 aromatic carbocycles. The third-order valence-electron chi connectivity index (χ3n) is 5.71. The van der Waals surface area contributed by atoms with Crippen molar-refractivity contribution in [3.05, 3.63) is 0 Å². The van der Waals surface area contributed by atoms with E-state index in [9.17, 15) is 74.6 Å². The minimum Gasteiger partial charge on any atom is -0.223 e. The summed E-state index contributed by atoms with van der Waals surface area (Å²) in [5, 5.41) is 0. The SMILES string of the molecule is FC(F)C12C(F)(F)C3(F)C(F)(F)C(F)(C(F)(F)C(F)(C3(F)F)C1(F)F)C2(F)F. The summed E-state index contributed by atoms with van der Waals surface area (Å²) >= 11 is 0. The Hall–Kier alpha value is -1.19. The molecule has 0 atom stereocenters. The third-order valence-corrected chi connectivity index (χ3v) is 5.71. The number of halogens is 17. The minimum absolute atomic E-state index is 6.34. The maximum atomic E-state index is 14.3. The molecule has 4 aliphatic carbocycles. The van der Waals surface area contributed by atoms with Crippen LogP contribution in [0.4, 0.5) is 74.6 Å². The summed E-state index contributed by atoms with van der Waals surface area (Å²) < 4.78 is 236. The smallest absolute Gasteiger partial charge is 0.223 e. The molecule has 4 rings (SSSR count). The lowest BCUT2D eigenvalue weighted by Crippen LogP contribution is -3.08. The first-order chi connectivity index (χ1) is 11.9. The lowest BCUT2D eigenvalue weighted by atomic mass is 9.36. The second kappa shape index (κ2) is 4.16. The van der Waals surface area contributed by atoms with Gasteiger partial charge in [0, 0.05) is 0 Å². The second-order valence-corrected chi connectivity index (χ2v) is 6.53. The Balaban J connectivity index is 2.76. The quantitative estimate of drug-likeness (QED) is 0.476. The molecule has 0 aliphatic heterocycles. The minimum atomic E-state index is -8.02. The van der Waals surface area contributed by atoms with E-state index in [4.69, 9.17) is 0 Å². The highest BCUT2D eigenvalue weighted by Gasteiger charge is 3.23. The summed E-state index contributed by atoms with van der Waals surface area (Å²) in [7, 11) is 0. The molecule has 0 spiro atoms. The third kappa shape index (κ3) is 1.11. The van der Waals surface area contributed by atoms with Gasteiger partial charge in [-0.3, -0.25) is 0 Å². The van der Waals surface area contributed by atoms with E-state index in [0.717, 1.165) is 0 Å². The van der Waals surface area contributed by atoms with Crippen LogP contribution in [0.5, 0.6) is 0 Å². The van der Waals surface area contributed by atoms with Gasteiger partial charge >= 0.3 is 52.5 Å². The Labute approximate surface area is 140 Å². The summed E-state index contributed by atoms with van der Waals surface area (Å²) in [5.74, 6) is -48.1. The molecule has 4 saturated carbocycles. The molecule has 4 fully saturated rings. The normalized spacial score (nSPS) is 50.8. The van der Waals surface area contributed by atoms with Crippen LogP contribution in [0.25, 0.3) is 0 Å². The van der Waals surface area contributed by atoms with Crippen molar-refractivity contribution in [1.29, 1.82) is 0 Å². The standard InChI is InChI=1S/C11HF17/c12-1(13)2-6(17,18)3(14)9(23,24)4(15,7(2,19)20)11(27,28)5(16,8(2,21)22)10(3,25)26/h1H. The van der Waals surface area contributed by atoms with Gasteiger partial charge in [-0.1, -0.05) is 0 Å². The van der Waals surface area contributed by atoms with E-state index >= 15 is 0 Å². The molecular formula is C11HF17. The van der Waals surface area contributed by atoms with Crippen LogP contribution in [-0.4, -0.2) is 59.0 Å². The fourth-order valence-corrected chi connectivity index (χ4v) is 4.30. The molecule has 17 heteroatoms. The van der Waals surface area contributed by atoms with E-state index in [1.807, 2.05) is 0 Å². The van der Waals surface area contributed by atoms with Gasteiger partial charge in [-0.05, 0) is 0 Å². The van der Waals surface area contributed by atoms with Crippen LogP contribution in [0, 0.1) is 5.41 Å². The largest absolute Gasteiger partial charge is 0.339 e. The van der Waals surface area contributed by atoms with E-state index in [-0.39, 0.29) is 0 Å². The molecule has 28 heavy (non-hydrogen) atoms. The number of hydrogen-bond donors (Lipinski definition) is 0. The zero-order valence-electron chi connectivity index (χ0n) is 12.0. The Bertz CT molecular complexity index is 635. The van der Waals surface area contributed by atoms with E-state index < -0.39 is 64.4 Å². The lowest BCUT2D eigenvalue weighted by Gasteiger charge is -2.74. The van der Waals surface area contributed by atoms with Crippen LogP contribution in [-0.2, 0) is 0 Å². The summed E-state index contributed by atoms with van der Waals surface area (Å²) in [6.07, 6.45) is -6.34. The molecule has 0 N–H and O–H groups in total. The highest BCUT2D eigenvalue weighted by molar-refractivity contribution is 5.53. The zero-order valence-corrected chi connectivity index (χ0v) is 12.0. The van der Waals surface area contributed by atoms with E-state index in [1.165, 1.54) is 0 Å². The first kappa shape index (κ1) is 21.5. The van der Waals surface area contributed by atoms with Crippen molar-refractivity contribution >= 4 is 0 Å². The first-order valence-corrected chi connectivity index (χ1v) is 6.56. The summed E-state index contributed by atoms with van der Waals surface area (Å²) in [6.45, 7) is 0. The summed E-state index contributed by atoms with van der Waals surface area (Å²) in [6, 6.07) is 0. The first-order valence-electron chi connectivity index (χ1n) is 6.56. The Kier molecular flexibility index (Phi) is 3.20. The lowest BCUT2D eigenvalue weighted by molar-refractivity contribution is -0.620. The van der Waals surface area contributed by atoms with Crippen LogP contribution in [0.3, 0.4) is 0 Å². The highest BCUT2D eigenvalue weighted by Crippen LogP contribution is 2.91. The predicted octanol–water partition coefficient (Wildman–Crippen LogP) is 5.22. The van der Waals surface area contributed by atoms with Gasteiger partial charge < -0.3 is 0 Å². The molecule has 0 aromatic rings. The van der Waals surface area contributed by atoms with Crippen molar-refractivity contribution in [1.82, 2.24) is 0 Å². The fourth-order valence-electron chi connectivity index (χ4n) is 4.30. The Morgan fingerprint density at radius 3 is 0.643 bits per heavy atom. The number of rotatable bonds is 1. The van der Waals surface area contributed by atoms with Gasteiger partial charge in [0.1, 0.15) is 0 Å². The zero-order chi connectivity index (χ0) is 22.6. The van der Waals surface area contributed by atoms with Crippen molar-refractivity contribution in [2.75, 3.05) is 0 Å². The molecule has 0 saturated heterocycles.